The molecule has 0 saturated carbocycles. The van der Waals surface area contributed by atoms with E-state index in [9.17, 15) is 18.0 Å². The number of carbonyl (C=O) groups is 2. The molecule has 4 aromatic rings. The monoisotopic (exact) mass is 679 g/mol. The number of nitrogens with zero attached hydrogens (tertiary/aromatic N) is 2. The highest BCUT2D eigenvalue weighted by molar-refractivity contribution is 7.92. The Hall–Kier alpha value is -3.85. The van der Waals surface area contributed by atoms with Crippen LogP contribution in [0.2, 0.25) is 10.0 Å². The molecular weight excluding hydrogens is 641 g/mol. The molecule has 4 aromatic carbocycles. The zero-order valence-electron chi connectivity index (χ0n) is 26.4. The first-order chi connectivity index (χ1) is 21.9. The molecule has 242 valence electrons. The Morgan fingerprint density at radius 1 is 0.804 bits per heavy atom. The number of benzene rings is 4. The first-order valence-corrected chi connectivity index (χ1v) is 17.3. The SMILES string of the molecule is CC[C@H](C)NC(=O)[C@H](Cc1ccccc1)N(Cc1ccc(C)cc1)C(=O)CN(c1cccc(Cl)c1Cl)S(=O)(=O)c1ccc(C)cc1. The van der Waals surface area contributed by atoms with E-state index in [-0.39, 0.29) is 45.5 Å². The molecule has 2 atom stereocenters. The number of halogens is 2. The summed E-state index contributed by atoms with van der Waals surface area (Å²) in [6.45, 7) is 7.14. The summed E-state index contributed by atoms with van der Waals surface area (Å²) in [4.78, 5) is 30.0. The second-order valence-corrected chi connectivity index (χ2v) is 14.1. The molecule has 0 unspecified atom stereocenters. The zero-order valence-corrected chi connectivity index (χ0v) is 28.7. The van der Waals surface area contributed by atoms with Crippen LogP contribution in [-0.2, 0) is 32.6 Å². The van der Waals surface area contributed by atoms with E-state index in [1.807, 2.05) is 82.3 Å². The minimum absolute atomic E-state index is 0.00640. The summed E-state index contributed by atoms with van der Waals surface area (Å²) in [5, 5.41) is 3.17. The minimum Gasteiger partial charge on any atom is -0.352 e. The van der Waals surface area contributed by atoms with Crippen LogP contribution in [0, 0.1) is 13.8 Å². The average molecular weight is 681 g/mol. The van der Waals surface area contributed by atoms with E-state index >= 15 is 0 Å². The topological polar surface area (TPSA) is 86.8 Å². The lowest BCUT2D eigenvalue weighted by Gasteiger charge is -2.34. The van der Waals surface area contributed by atoms with E-state index in [1.165, 1.54) is 23.1 Å². The van der Waals surface area contributed by atoms with Gasteiger partial charge in [-0.3, -0.25) is 13.9 Å². The Labute approximate surface area is 282 Å². The van der Waals surface area contributed by atoms with Crippen molar-refractivity contribution in [2.75, 3.05) is 10.8 Å². The number of hydrogen-bond acceptors (Lipinski definition) is 4. The lowest BCUT2D eigenvalue weighted by Crippen LogP contribution is -2.54. The van der Waals surface area contributed by atoms with Gasteiger partial charge < -0.3 is 10.2 Å². The van der Waals surface area contributed by atoms with Gasteiger partial charge in [0, 0.05) is 19.0 Å². The van der Waals surface area contributed by atoms with Crippen LogP contribution in [0.1, 0.15) is 42.5 Å². The fourth-order valence-electron chi connectivity index (χ4n) is 4.92. The normalized spacial score (nSPS) is 12.7. The van der Waals surface area contributed by atoms with Gasteiger partial charge in [0.2, 0.25) is 11.8 Å². The molecule has 7 nitrogen and oxygen atoms in total. The van der Waals surface area contributed by atoms with Crippen LogP contribution in [0.5, 0.6) is 0 Å². The molecule has 2 amide bonds. The molecule has 0 radical (unpaired) electrons. The fraction of sp³-hybridized carbons (Fsp3) is 0.278. The van der Waals surface area contributed by atoms with Gasteiger partial charge in [0.1, 0.15) is 12.6 Å². The molecular formula is C36H39Cl2N3O4S. The highest BCUT2D eigenvalue weighted by atomic mass is 35.5. The molecule has 0 aromatic heterocycles. The van der Waals surface area contributed by atoms with Gasteiger partial charge in [0.15, 0.2) is 0 Å². The van der Waals surface area contributed by atoms with Crippen molar-refractivity contribution in [1.82, 2.24) is 10.2 Å². The first-order valence-electron chi connectivity index (χ1n) is 15.1. The molecule has 0 spiro atoms. The Morgan fingerprint density at radius 2 is 1.41 bits per heavy atom. The fourth-order valence-corrected chi connectivity index (χ4v) is 6.79. The number of sulfonamides is 1. The van der Waals surface area contributed by atoms with Gasteiger partial charge in [-0.05, 0) is 62.6 Å². The van der Waals surface area contributed by atoms with Crippen LogP contribution in [0.4, 0.5) is 5.69 Å². The van der Waals surface area contributed by atoms with Crippen LogP contribution in [0.25, 0.3) is 0 Å². The molecule has 10 heteroatoms. The van der Waals surface area contributed by atoms with Gasteiger partial charge in [-0.25, -0.2) is 8.42 Å². The highest BCUT2D eigenvalue weighted by Gasteiger charge is 2.35. The van der Waals surface area contributed by atoms with Gasteiger partial charge in [-0.15, -0.1) is 0 Å². The van der Waals surface area contributed by atoms with E-state index < -0.39 is 28.5 Å². The van der Waals surface area contributed by atoms with E-state index in [2.05, 4.69) is 5.32 Å². The summed E-state index contributed by atoms with van der Waals surface area (Å²) in [5.41, 5.74) is 3.63. The van der Waals surface area contributed by atoms with Crippen molar-refractivity contribution >= 4 is 50.7 Å². The van der Waals surface area contributed by atoms with Crippen molar-refractivity contribution in [3.05, 3.63) is 129 Å². The minimum atomic E-state index is -4.30. The lowest BCUT2D eigenvalue weighted by molar-refractivity contribution is -0.140. The van der Waals surface area contributed by atoms with Gasteiger partial charge >= 0.3 is 0 Å². The van der Waals surface area contributed by atoms with Crippen molar-refractivity contribution in [3.63, 3.8) is 0 Å². The number of hydrogen-bond donors (Lipinski definition) is 1. The lowest BCUT2D eigenvalue weighted by atomic mass is 10.0. The first kappa shape index (κ1) is 35.0. The molecule has 1 N–H and O–H groups in total. The second kappa shape index (κ2) is 15.6. The molecule has 0 aliphatic carbocycles. The van der Waals surface area contributed by atoms with Crippen LogP contribution >= 0.6 is 23.2 Å². The summed E-state index contributed by atoms with van der Waals surface area (Å²) < 4.78 is 29.4. The largest absolute Gasteiger partial charge is 0.352 e. The van der Waals surface area contributed by atoms with Gasteiger partial charge in [-0.1, -0.05) is 114 Å². The molecule has 0 saturated heterocycles. The molecule has 0 bridgehead atoms. The maximum atomic E-state index is 14.6. The molecule has 0 heterocycles. The number of anilines is 1. The summed E-state index contributed by atoms with van der Waals surface area (Å²) in [6, 6.07) is 27.0. The maximum Gasteiger partial charge on any atom is 0.264 e. The van der Waals surface area contributed by atoms with Crippen LogP contribution in [0.3, 0.4) is 0 Å². The van der Waals surface area contributed by atoms with Crippen LogP contribution < -0.4 is 9.62 Å². The molecule has 46 heavy (non-hydrogen) atoms. The number of rotatable bonds is 13. The van der Waals surface area contributed by atoms with E-state index in [0.717, 1.165) is 26.6 Å². The van der Waals surface area contributed by atoms with Gasteiger partial charge in [0.25, 0.3) is 10.0 Å². The van der Waals surface area contributed by atoms with E-state index in [0.29, 0.717) is 6.42 Å². The third-order valence-electron chi connectivity index (χ3n) is 7.83. The van der Waals surface area contributed by atoms with Crippen molar-refractivity contribution < 1.29 is 18.0 Å². The molecule has 4 rings (SSSR count). The average Bonchev–Trinajstić information content (AvgIpc) is 3.04. The third kappa shape index (κ3) is 8.69. The van der Waals surface area contributed by atoms with Crippen LogP contribution in [0.15, 0.2) is 102 Å². The number of nitrogens with one attached hydrogen (secondary N) is 1. The number of aryl methyl sites for hydroxylation is 2. The van der Waals surface area contributed by atoms with E-state index in [4.69, 9.17) is 23.2 Å². The summed E-state index contributed by atoms with van der Waals surface area (Å²) in [7, 11) is -4.30. The summed E-state index contributed by atoms with van der Waals surface area (Å²) in [5.74, 6) is -0.903. The molecule has 0 aliphatic heterocycles. The van der Waals surface area contributed by atoms with E-state index in [1.54, 1.807) is 24.3 Å². The number of carbonyl (C=O) groups excluding carboxylic acids is 2. The van der Waals surface area contributed by atoms with Gasteiger partial charge in [0.05, 0.1) is 20.6 Å². The Kier molecular flexibility index (Phi) is 11.9. The van der Waals surface area contributed by atoms with Crippen molar-refractivity contribution in [2.45, 2.75) is 64.1 Å². The predicted octanol–water partition coefficient (Wildman–Crippen LogP) is 7.36. The van der Waals surface area contributed by atoms with Crippen molar-refractivity contribution in [1.29, 1.82) is 0 Å². The smallest absolute Gasteiger partial charge is 0.264 e. The third-order valence-corrected chi connectivity index (χ3v) is 10.4. The Bertz CT molecular complexity index is 1750. The quantitative estimate of drug-likeness (QED) is 0.160. The van der Waals surface area contributed by atoms with Crippen LogP contribution in [-0.4, -0.2) is 43.8 Å². The van der Waals surface area contributed by atoms with Crippen molar-refractivity contribution in [3.8, 4) is 0 Å². The summed E-state index contributed by atoms with van der Waals surface area (Å²) >= 11 is 12.9. The predicted molar refractivity (Wildman–Crippen MR) is 186 cm³/mol. The highest BCUT2D eigenvalue weighted by Crippen LogP contribution is 2.35. The molecule has 0 aliphatic rings. The zero-order chi connectivity index (χ0) is 33.4. The maximum absolute atomic E-state index is 14.6. The van der Waals surface area contributed by atoms with Crippen molar-refractivity contribution in [2.24, 2.45) is 0 Å². The standard InChI is InChI=1S/C36H39Cl2N3O4S/c1-5-27(4)39-36(43)33(22-28-10-7-6-8-11-28)40(23-29-18-14-25(2)15-19-29)34(42)24-41(32-13-9-12-31(37)35(32)38)46(44,45)30-20-16-26(3)17-21-30/h6-21,27,33H,5,22-24H2,1-4H3,(H,39,43)/t27-,33-/m0/s1. The Balaban J connectivity index is 1.83. The second-order valence-electron chi connectivity index (χ2n) is 11.4. The molecule has 0 fully saturated rings. The number of amides is 2. The summed E-state index contributed by atoms with van der Waals surface area (Å²) in [6.07, 6.45) is 0.925. The Morgan fingerprint density at radius 3 is 2.02 bits per heavy atom. The van der Waals surface area contributed by atoms with Gasteiger partial charge in [-0.2, -0.15) is 0 Å².